The molecule has 102 valence electrons. The quantitative estimate of drug-likeness (QED) is 0.342. The Balaban J connectivity index is 2.35. The van der Waals surface area contributed by atoms with E-state index in [0.29, 0.717) is 5.56 Å². The van der Waals surface area contributed by atoms with Gasteiger partial charge in [0, 0.05) is 18.0 Å². The van der Waals surface area contributed by atoms with Crippen molar-refractivity contribution in [1.82, 2.24) is 4.98 Å². The first kappa shape index (κ1) is 13.5. The monoisotopic (exact) mass is 274 g/mol. The van der Waals surface area contributed by atoms with E-state index in [1.165, 1.54) is 36.7 Å². The van der Waals surface area contributed by atoms with E-state index in [9.17, 15) is 9.18 Å². The SMILES string of the molecule is N/C(=N/O)c1c(F)cccc1NC(=O)c1ccncc1. The van der Waals surface area contributed by atoms with Crippen LogP contribution in [-0.2, 0) is 0 Å². The van der Waals surface area contributed by atoms with E-state index in [-0.39, 0.29) is 11.3 Å². The molecule has 7 heteroatoms. The molecule has 1 aromatic heterocycles. The Morgan fingerprint density at radius 3 is 2.65 bits per heavy atom. The van der Waals surface area contributed by atoms with Crippen LogP contribution in [0.5, 0.6) is 0 Å². The summed E-state index contributed by atoms with van der Waals surface area (Å²) in [5.41, 5.74) is 5.71. The van der Waals surface area contributed by atoms with E-state index in [1.54, 1.807) is 0 Å². The summed E-state index contributed by atoms with van der Waals surface area (Å²) in [5, 5.41) is 13.9. The molecule has 0 aliphatic rings. The second kappa shape index (κ2) is 5.79. The minimum atomic E-state index is -0.701. The molecule has 2 aromatic rings. The van der Waals surface area contributed by atoms with Crippen LogP contribution >= 0.6 is 0 Å². The Kier molecular flexibility index (Phi) is 3.90. The van der Waals surface area contributed by atoms with E-state index >= 15 is 0 Å². The maximum Gasteiger partial charge on any atom is 0.255 e. The van der Waals surface area contributed by atoms with Crippen molar-refractivity contribution in [2.24, 2.45) is 10.9 Å². The molecule has 1 heterocycles. The van der Waals surface area contributed by atoms with E-state index in [2.05, 4.69) is 15.5 Å². The summed E-state index contributed by atoms with van der Waals surface area (Å²) in [5.74, 6) is -1.58. The Morgan fingerprint density at radius 1 is 1.30 bits per heavy atom. The lowest BCUT2D eigenvalue weighted by Crippen LogP contribution is -2.20. The number of hydrogen-bond donors (Lipinski definition) is 3. The topological polar surface area (TPSA) is 101 Å². The minimum absolute atomic E-state index is 0.113. The minimum Gasteiger partial charge on any atom is -0.409 e. The second-order valence-electron chi connectivity index (χ2n) is 3.84. The number of aromatic nitrogens is 1. The molecule has 1 aromatic carbocycles. The lowest BCUT2D eigenvalue weighted by atomic mass is 10.1. The number of hydrogen-bond acceptors (Lipinski definition) is 4. The van der Waals surface area contributed by atoms with Gasteiger partial charge in [0.05, 0.1) is 11.3 Å². The molecule has 0 aliphatic carbocycles. The number of nitrogens with zero attached hydrogens (tertiary/aromatic N) is 2. The molecule has 0 atom stereocenters. The molecule has 6 nitrogen and oxygen atoms in total. The third-order valence-corrected chi connectivity index (χ3v) is 2.57. The predicted molar refractivity (Wildman–Crippen MR) is 71.1 cm³/mol. The molecule has 0 radical (unpaired) electrons. The van der Waals surface area contributed by atoms with Crippen LogP contribution in [0.2, 0.25) is 0 Å². The van der Waals surface area contributed by atoms with Crippen LogP contribution in [0.4, 0.5) is 10.1 Å². The molecule has 0 aliphatic heterocycles. The highest BCUT2D eigenvalue weighted by molar-refractivity contribution is 6.09. The zero-order valence-electron chi connectivity index (χ0n) is 10.2. The summed E-state index contributed by atoms with van der Waals surface area (Å²) >= 11 is 0. The van der Waals surface area contributed by atoms with Crippen molar-refractivity contribution in [2.75, 3.05) is 5.32 Å². The summed E-state index contributed by atoms with van der Waals surface area (Å²) in [4.78, 5) is 15.8. The smallest absolute Gasteiger partial charge is 0.255 e. The van der Waals surface area contributed by atoms with Crippen LogP contribution in [0.25, 0.3) is 0 Å². The first-order valence-corrected chi connectivity index (χ1v) is 5.61. The van der Waals surface area contributed by atoms with Crippen LogP contribution in [0.15, 0.2) is 47.9 Å². The molecule has 0 spiro atoms. The molecule has 0 bridgehead atoms. The highest BCUT2D eigenvalue weighted by atomic mass is 19.1. The molecule has 4 N–H and O–H groups in total. The number of oxime groups is 1. The summed E-state index contributed by atoms with van der Waals surface area (Å²) in [6, 6.07) is 7.03. The normalized spacial score (nSPS) is 11.2. The zero-order valence-corrected chi connectivity index (χ0v) is 10.2. The van der Waals surface area contributed by atoms with Gasteiger partial charge in [-0.15, -0.1) is 0 Å². The molecular formula is C13H11FN4O2. The number of amidine groups is 1. The van der Waals surface area contributed by atoms with Crippen LogP contribution in [-0.4, -0.2) is 21.9 Å². The van der Waals surface area contributed by atoms with Gasteiger partial charge < -0.3 is 16.3 Å². The summed E-state index contributed by atoms with van der Waals surface area (Å²) in [6.07, 6.45) is 2.93. The number of pyridine rings is 1. The first-order chi connectivity index (χ1) is 9.63. The van der Waals surface area contributed by atoms with Crippen molar-refractivity contribution in [3.8, 4) is 0 Å². The molecule has 20 heavy (non-hydrogen) atoms. The van der Waals surface area contributed by atoms with E-state index in [0.717, 1.165) is 6.07 Å². The van der Waals surface area contributed by atoms with Crippen molar-refractivity contribution in [1.29, 1.82) is 0 Å². The number of nitrogens with two attached hydrogens (primary N) is 1. The van der Waals surface area contributed by atoms with E-state index in [4.69, 9.17) is 10.9 Å². The maximum atomic E-state index is 13.7. The highest BCUT2D eigenvalue weighted by Crippen LogP contribution is 2.19. The van der Waals surface area contributed by atoms with Gasteiger partial charge in [-0.3, -0.25) is 9.78 Å². The first-order valence-electron chi connectivity index (χ1n) is 5.61. The average molecular weight is 274 g/mol. The third-order valence-electron chi connectivity index (χ3n) is 2.57. The van der Waals surface area contributed by atoms with E-state index in [1.807, 2.05) is 0 Å². The Bertz CT molecular complexity index is 659. The van der Waals surface area contributed by atoms with Crippen LogP contribution in [0, 0.1) is 5.82 Å². The van der Waals surface area contributed by atoms with Crippen LogP contribution in [0.1, 0.15) is 15.9 Å². The lowest BCUT2D eigenvalue weighted by Gasteiger charge is -2.10. The van der Waals surface area contributed by atoms with Gasteiger partial charge >= 0.3 is 0 Å². The van der Waals surface area contributed by atoms with Crippen molar-refractivity contribution in [2.45, 2.75) is 0 Å². The number of amides is 1. The van der Waals surface area contributed by atoms with Gasteiger partial charge in [0.25, 0.3) is 5.91 Å². The fraction of sp³-hybridized carbons (Fsp3) is 0. The third kappa shape index (κ3) is 2.72. The van der Waals surface area contributed by atoms with Crippen molar-refractivity contribution < 1.29 is 14.4 Å². The molecule has 1 amide bonds. The maximum absolute atomic E-state index is 13.7. The van der Waals surface area contributed by atoms with Crippen LogP contribution < -0.4 is 11.1 Å². The van der Waals surface area contributed by atoms with Gasteiger partial charge in [0.15, 0.2) is 5.84 Å². The molecule has 0 saturated heterocycles. The summed E-state index contributed by atoms with van der Waals surface area (Å²) in [7, 11) is 0. The Labute approximate surface area is 113 Å². The number of nitrogens with one attached hydrogen (secondary N) is 1. The van der Waals surface area contributed by atoms with Gasteiger partial charge in [-0.1, -0.05) is 11.2 Å². The standard InChI is InChI=1S/C13H11FN4O2/c14-9-2-1-3-10(11(9)12(15)18-20)17-13(19)8-4-6-16-7-5-8/h1-7,20H,(H2,15,18)(H,17,19). The predicted octanol–water partition coefficient (Wildman–Crippen LogP) is 1.57. The average Bonchev–Trinajstić information content (AvgIpc) is 2.47. The molecule has 0 unspecified atom stereocenters. The van der Waals surface area contributed by atoms with E-state index < -0.39 is 17.6 Å². The molecule has 0 fully saturated rings. The lowest BCUT2D eigenvalue weighted by molar-refractivity contribution is 0.102. The van der Waals surface area contributed by atoms with Gasteiger partial charge in [-0.05, 0) is 24.3 Å². The fourth-order valence-corrected chi connectivity index (χ4v) is 1.64. The van der Waals surface area contributed by atoms with Gasteiger partial charge in [0.2, 0.25) is 0 Å². The van der Waals surface area contributed by atoms with Crippen LogP contribution in [0.3, 0.4) is 0 Å². The number of rotatable bonds is 3. The van der Waals surface area contributed by atoms with Crippen molar-refractivity contribution in [3.63, 3.8) is 0 Å². The van der Waals surface area contributed by atoms with Crippen molar-refractivity contribution >= 4 is 17.4 Å². The highest BCUT2D eigenvalue weighted by Gasteiger charge is 2.15. The fourth-order valence-electron chi connectivity index (χ4n) is 1.64. The molecule has 2 rings (SSSR count). The van der Waals surface area contributed by atoms with Gasteiger partial charge in [0.1, 0.15) is 5.82 Å². The number of halogens is 1. The number of carbonyl (C=O) groups excluding carboxylic acids is 1. The Morgan fingerprint density at radius 2 is 2.00 bits per heavy atom. The number of benzene rings is 1. The van der Waals surface area contributed by atoms with Gasteiger partial charge in [-0.2, -0.15) is 0 Å². The Hall–Kier alpha value is -2.96. The number of carbonyl (C=O) groups is 1. The largest absolute Gasteiger partial charge is 0.409 e. The zero-order chi connectivity index (χ0) is 14.5. The molecule has 0 saturated carbocycles. The summed E-state index contributed by atoms with van der Waals surface area (Å²) in [6.45, 7) is 0. The van der Waals surface area contributed by atoms with Gasteiger partial charge in [-0.25, -0.2) is 4.39 Å². The number of anilines is 1. The molecular weight excluding hydrogens is 263 g/mol. The summed E-state index contributed by atoms with van der Waals surface area (Å²) < 4.78 is 13.7. The second-order valence-corrected chi connectivity index (χ2v) is 3.84. The van der Waals surface area contributed by atoms with Crippen molar-refractivity contribution in [3.05, 3.63) is 59.7 Å².